The van der Waals surface area contributed by atoms with E-state index in [0.717, 1.165) is 11.3 Å². The third-order valence-electron chi connectivity index (χ3n) is 4.36. The summed E-state index contributed by atoms with van der Waals surface area (Å²) in [6, 6.07) is 11.3. The zero-order valence-electron chi connectivity index (χ0n) is 16.9. The lowest BCUT2D eigenvalue weighted by molar-refractivity contribution is -0.121. The molecular weight excluding hydrogens is 442 g/mol. The van der Waals surface area contributed by atoms with Gasteiger partial charge in [-0.2, -0.15) is 0 Å². The van der Waals surface area contributed by atoms with E-state index in [9.17, 15) is 4.79 Å². The van der Waals surface area contributed by atoms with E-state index in [1.807, 2.05) is 38.1 Å². The molecule has 1 amide bonds. The molecule has 0 aromatic heterocycles. The first-order valence-electron chi connectivity index (χ1n) is 9.38. The fourth-order valence-corrected chi connectivity index (χ4v) is 4.48. The van der Waals surface area contributed by atoms with E-state index in [1.165, 1.54) is 17.3 Å². The lowest BCUT2D eigenvalue weighted by Gasteiger charge is -2.14. The molecule has 2 aromatic rings. The average Bonchev–Trinajstić information content (AvgIpc) is 2.99. The number of carbonyl (C=O) groups excluding carboxylic acids is 1. The third-order valence-corrected chi connectivity index (χ3v) is 6.02. The fraction of sp³-hybridized carbons (Fsp3) is 0.273. The van der Waals surface area contributed by atoms with Gasteiger partial charge in [-0.15, -0.1) is 0 Å². The van der Waals surface area contributed by atoms with Crippen molar-refractivity contribution < 1.29 is 19.0 Å². The highest BCUT2D eigenvalue weighted by Gasteiger charge is 2.30. The molecule has 3 rings (SSSR count). The molecule has 0 spiro atoms. The summed E-state index contributed by atoms with van der Waals surface area (Å²) in [6.07, 6.45) is 1.76. The van der Waals surface area contributed by atoms with Crippen LogP contribution >= 0.6 is 35.6 Å². The van der Waals surface area contributed by atoms with Crippen LogP contribution in [0.15, 0.2) is 41.3 Å². The number of benzene rings is 2. The molecule has 1 aliphatic rings. The van der Waals surface area contributed by atoms with E-state index in [4.69, 9.17) is 38.0 Å². The van der Waals surface area contributed by atoms with Gasteiger partial charge in [0.2, 0.25) is 0 Å². The molecule has 0 saturated carbocycles. The van der Waals surface area contributed by atoms with Crippen molar-refractivity contribution in [2.24, 2.45) is 0 Å². The largest absolute Gasteiger partial charge is 0.493 e. The van der Waals surface area contributed by atoms with Crippen molar-refractivity contribution in [2.75, 3.05) is 26.9 Å². The standard InChI is InChI=1S/C22H22ClNO4S2/c1-4-24-21(25)19(30-22(24)29)13-15-11-17(23)20(18(12-15)26-3)28-10-9-27-16-7-5-14(2)6-8-16/h5-8,11-13H,4,9-10H2,1-3H3. The molecule has 0 atom stereocenters. The second-order valence-corrected chi connectivity index (χ2v) is 8.55. The molecule has 8 heteroatoms. The van der Waals surface area contributed by atoms with Crippen molar-refractivity contribution in [2.45, 2.75) is 13.8 Å². The quantitative estimate of drug-likeness (QED) is 0.299. The highest BCUT2D eigenvalue weighted by atomic mass is 35.5. The van der Waals surface area contributed by atoms with Crippen LogP contribution in [0.2, 0.25) is 5.02 Å². The van der Waals surface area contributed by atoms with Crippen LogP contribution in [0.1, 0.15) is 18.1 Å². The molecule has 0 aliphatic carbocycles. The minimum atomic E-state index is -0.101. The van der Waals surface area contributed by atoms with Gasteiger partial charge in [0, 0.05) is 6.54 Å². The Bertz CT molecular complexity index is 976. The summed E-state index contributed by atoms with van der Waals surface area (Å²) in [4.78, 5) is 14.5. The smallest absolute Gasteiger partial charge is 0.266 e. The Morgan fingerprint density at radius 1 is 1.17 bits per heavy atom. The van der Waals surface area contributed by atoms with Crippen LogP contribution in [0.5, 0.6) is 17.2 Å². The first-order chi connectivity index (χ1) is 14.4. The number of thioether (sulfide) groups is 1. The normalized spacial score (nSPS) is 15.1. The van der Waals surface area contributed by atoms with Gasteiger partial charge in [0.25, 0.3) is 5.91 Å². The van der Waals surface area contributed by atoms with E-state index in [2.05, 4.69) is 0 Å². The summed E-state index contributed by atoms with van der Waals surface area (Å²) < 4.78 is 17.5. The molecule has 2 aromatic carbocycles. The second-order valence-electron chi connectivity index (χ2n) is 6.47. The number of methoxy groups -OCH3 is 1. The minimum Gasteiger partial charge on any atom is -0.493 e. The number of thiocarbonyl (C=S) groups is 1. The summed E-state index contributed by atoms with van der Waals surface area (Å²) in [7, 11) is 1.54. The number of likely N-dealkylation sites (N-methyl/N-ethyl adjacent to an activating group) is 1. The topological polar surface area (TPSA) is 48.0 Å². The number of amides is 1. The average molecular weight is 464 g/mol. The number of ether oxygens (including phenoxy) is 3. The molecule has 0 bridgehead atoms. The second kappa shape index (κ2) is 10.2. The number of hydrogen-bond donors (Lipinski definition) is 0. The van der Waals surface area contributed by atoms with Crippen LogP contribution in [0.3, 0.4) is 0 Å². The highest BCUT2D eigenvalue weighted by molar-refractivity contribution is 8.26. The maximum atomic E-state index is 12.4. The van der Waals surface area contributed by atoms with Crippen LogP contribution in [0.25, 0.3) is 6.08 Å². The molecule has 1 saturated heterocycles. The molecule has 5 nitrogen and oxygen atoms in total. The van der Waals surface area contributed by atoms with Crippen molar-refractivity contribution in [3.8, 4) is 17.2 Å². The van der Waals surface area contributed by atoms with Crippen LogP contribution in [0, 0.1) is 6.92 Å². The Morgan fingerprint density at radius 2 is 1.87 bits per heavy atom. The van der Waals surface area contributed by atoms with E-state index < -0.39 is 0 Å². The van der Waals surface area contributed by atoms with Crippen LogP contribution in [-0.4, -0.2) is 42.0 Å². The van der Waals surface area contributed by atoms with Gasteiger partial charge in [0.15, 0.2) is 11.5 Å². The minimum absolute atomic E-state index is 0.101. The van der Waals surface area contributed by atoms with Crippen LogP contribution < -0.4 is 14.2 Å². The highest BCUT2D eigenvalue weighted by Crippen LogP contribution is 2.39. The number of hydrogen-bond acceptors (Lipinski definition) is 6. The molecule has 1 fully saturated rings. The van der Waals surface area contributed by atoms with Gasteiger partial charge in [0.05, 0.1) is 17.0 Å². The number of aryl methyl sites for hydroxylation is 1. The lowest BCUT2D eigenvalue weighted by Crippen LogP contribution is -2.27. The SMILES string of the molecule is CCN1C(=O)C(=Cc2cc(Cl)c(OCCOc3ccc(C)cc3)c(OC)c2)SC1=S. The Hall–Kier alpha value is -2.22. The Morgan fingerprint density at radius 3 is 2.50 bits per heavy atom. The van der Waals surface area contributed by atoms with Crippen molar-refractivity contribution in [3.63, 3.8) is 0 Å². The molecule has 0 N–H and O–H groups in total. The zero-order valence-corrected chi connectivity index (χ0v) is 19.3. The van der Waals surface area contributed by atoms with Gasteiger partial charge in [-0.05, 0) is 49.8 Å². The van der Waals surface area contributed by atoms with E-state index in [1.54, 1.807) is 30.2 Å². The van der Waals surface area contributed by atoms with Gasteiger partial charge in [0.1, 0.15) is 23.3 Å². The zero-order chi connectivity index (χ0) is 21.7. The molecule has 0 radical (unpaired) electrons. The molecule has 1 heterocycles. The maximum absolute atomic E-state index is 12.4. The van der Waals surface area contributed by atoms with E-state index in [0.29, 0.717) is 45.5 Å². The summed E-state index contributed by atoms with van der Waals surface area (Å²) in [5.41, 5.74) is 1.91. The fourth-order valence-electron chi connectivity index (χ4n) is 2.82. The van der Waals surface area contributed by atoms with Gasteiger partial charge in [-0.1, -0.05) is 53.3 Å². The van der Waals surface area contributed by atoms with Crippen molar-refractivity contribution in [3.05, 3.63) is 57.5 Å². The molecule has 0 unspecified atom stereocenters. The molecule has 158 valence electrons. The number of carbonyl (C=O) groups is 1. The maximum Gasteiger partial charge on any atom is 0.266 e. The molecule has 1 aliphatic heterocycles. The number of nitrogens with zero attached hydrogens (tertiary/aromatic N) is 1. The number of halogens is 1. The van der Waals surface area contributed by atoms with E-state index >= 15 is 0 Å². The lowest BCUT2D eigenvalue weighted by atomic mass is 10.1. The third kappa shape index (κ3) is 5.28. The van der Waals surface area contributed by atoms with Gasteiger partial charge < -0.3 is 14.2 Å². The van der Waals surface area contributed by atoms with Crippen LogP contribution in [-0.2, 0) is 4.79 Å². The molecule has 30 heavy (non-hydrogen) atoms. The Kier molecular flexibility index (Phi) is 7.64. The predicted molar refractivity (Wildman–Crippen MR) is 126 cm³/mol. The van der Waals surface area contributed by atoms with Gasteiger partial charge >= 0.3 is 0 Å². The Balaban J connectivity index is 1.68. The number of rotatable bonds is 8. The molecular formula is C22H22ClNO4S2. The van der Waals surface area contributed by atoms with Gasteiger partial charge in [-0.25, -0.2) is 0 Å². The summed E-state index contributed by atoms with van der Waals surface area (Å²) in [6.45, 7) is 5.13. The van der Waals surface area contributed by atoms with Crippen molar-refractivity contribution in [1.29, 1.82) is 0 Å². The summed E-state index contributed by atoms with van der Waals surface area (Å²) >= 11 is 13.0. The summed E-state index contributed by atoms with van der Waals surface area (Å²) in [5.74, 6) is 1.60. The Labute approximate surface area is 190 Å². The summed E-state index contributed by atoms with van der Waals surface area (Å²) in [5, 5.41) is 0.391. The monoisotopic (exact) mass is 463 g/mol. The van der Waals surface area contributed by atoms with Crippen molar-refractivity contribution in [1.82, 2.24) is 4.90 Å². The van der Waals surface area contributed by atoms with Crippen molar-refractivity contribution >= 4 is 51.9 Å². The van der Waals surface area contributed by atoms with Gasteiger partial charge in [-0.3, -0.25) is 9.69 Å². The first kappa shape index (κ1) is 22.5. The van der Waals surface area contributed by atoms with E-state index in [-0.39, 0.29) is 5.91 Å². The van der Waals surface area contributed by atoms with Crippen LogP contribution in [0.4, 0.5) is 0 Å². The predicted octanol–water partition coefficient (Wildman–Crippen LogP) is 5.34. The first-order valence-corrected chi connectivity index (χ1v) is 11.0.